The highest BCUT2D eigenvalue weighted by Crippen LogP contribution is 2.44. The number of allylic oxidation sites excluding steroid dienone is 2. The van der Waals surface area contributed by atoms with Gasteiger partial charge in [-0.2, -0.15) is 0 Å². The van der Waals surface area contributed by atoms with Gasteiger partial charge in [0.05, 0.1) is 0 Å². The lowest BCUT2D eigenvalue weighted by Crippen LogP contribution is -2.31. The minimum atomic E-state index is -0.757. The summed E-state index contributed by atoms with van der Waals surface area (Å²) >= 11 is 0. The van der Waals surface area contributed by atoms with Gasteiger partial charge in [0.15, 0.2) is 5.78 Å². The summed E-state index contributed by atoms with van der Waals surface area (Å²) in [6.07, 6.45) is 4.97. The maximum absolute atomic E-state index is 12.6. The Labute approximate surface area is 126 Å². The number of unbranched alkanes of at least 4 members (excludes halogenated alkanes) is 2. The Morgan fingerprint density at radius 1 is 1.29 bits per heavy atom. The van der Waals surface area contributed by atoms with Crippen LogP contribution in [-0.2, 0) is 9.53 Å². The lowest BCUT2D eigenvalue weighted by Gasteiger charge is -2.22. The smallest absolute Gasteiger partial charge is 0.322 e. The van der Waals surface area contributed by atoms with E-state index in [0.29, 0.717) is 11.3 Å². The van der Waals surface area contributed by atoms with Gasteiger partial charge in [-0.1, -0.05) is 57.5 Å². The Kier molecular flexibility index (Phi) is 4.61. The number of ether oxygens (including phenoxy) is 1. The minimum Gasteiger partial charge on any atom is -0.430 e. The van der Waals surface area contributed by atoms with E-state index in [9.17, 15) is 9.59 Å². The van der Waals surface area contributed by atoms with E-state index in [1.807, 2.05) is 26.0 Å². The fourth-order valence-electron chi connectivity index (χ4n) is 2.68. The Morgan fingerprint density at radius 3 is 2.57 bits per heavy atom. The van der Waals surface area contributed by atoms with E-state index in [1.165, 1.54) is 0 Å². The van der Waals surface area contributed by atoms with Crippen LogP contribution >= 0.6 is 0 Å². The van der Waals surface area contributed by atoms with Gasteiger partial charge in [0.1, 0.15) is 11.7 Å². The van der Waals surface area contributed by atoms with Crippen molar-refractivity contribution in [1.29, 1.82) is 0 Å². The van der Waals surface area contributed by atoms with Gasteiger partial charge in [-0.3, -0.25) is 9.59 Å². The first-order valence-corrected chi connectivity index (χ1v) is 7.50. The van der Waals surface area contributed by atoms with Crippen molar-refractivity contribution >= 4 is 11.8 Å². The largest absolute Gasteiger partial charge is 0.430 e. The summed E-state index contributed by atoms with van der Waals surface area (Å²) in [5.41, 5.74) is -0.0279. The molecule has 1 aromatic carbocycles. The third kappa shape index (κ3) is 3.07. The van der Waals surface area contributed by atoms with Gasteiger partial charge in [-0.25, -0.2) is 0 Å². The molecule has 0 saturated carbocycles. The summed E-state index contributed by atoms with van der Waals surface area (Å²) < 4.78 is 5.38. The molecule has 1 saturated heterocycles. The second-order valence-corrected chi connectivity index (χ2v) is 6.02. The molecule has 1 atom stereocenters. The normalized spacial score (nSPS) is 22.3. The van der Waals surface area contributed by atoms with Crippen LogP contribution in [-0.4, -0.2) is 11.8 Å². The van der Waals surface area contributed by atoms with Crippen molar-refractivity contribution in [3.05, 3.63) is 47.7 Å². The molecule has 0 amide bonds. The van der Waals surface area contributed by atoms with E-state index in [4.69, 9.17) is 4.74 Å². The van der Waals surface area contributed by atoms with Gasteiger partial charge >= 0.3 is 5.97 Å². The maximum Gasteiger partial charge on any atom is 0.322 e. The highest BCUT2D eigenvalue weighted by Gasteiger charge is 2.51. The van der Waals surface area contributed by atoms with Crippen LogP contribution in [0.4, 0.5) is 0 Å². The standard InChI is InChI=1S/C18H22O3/c1-4-5-7-12-14-18(2,3)15(17(20)21-14)16(19)13-10-8-6-9-11-13/h6,8-12,15H,4-5,7H2,1-3H3/b14-12-. The first-order chi connectivity index (χ1) is 9.98. The molecule has 0 bridgehead atoms. The fourth-order valence-corrected chi connectivity index (χ4v) is 2.68. The zero-order valence-corrected chi connectivity index (χ0v) is 12.9. The van der Waals surface area contributed by atoms with Crippen LogP contribution in [0.2, 0.25) is 0 Å². The molecule has 21 heavy (non-hydrogen) atoms. The lowest BCUT2D eigenvalue weighted by molar-refractivity contribution is -0.137. The Bertz CT molecular complexity index is 555. The zero-order valence-electron chi connectivity index (χ0n) is 12.9. The first kappa shape index (κ1) is 15.5. The van der Waals surface area contributed by atoms with Crippen molar-refractivity contribution in [2.75, 3.05) is 0 Å². The minimum absolute atomic E-state index is 0.163. The number of rotatable bonds is 5. The van der Waals surface area contributed by atoms with E-state index in [-0.39, 0.29) is 5.78 Å². The second kappa shape index (κ2) is 6.25. The Hall–Kier alpha value is -1.90. The number of carbonyl (C=O) groups excluding carboxylic acids is 2. The summed E-state index contributed by atoms with van der Waals surface area (Å²) in [5.74, 6) is -0.718. The molecule has 112 valence electrons. The number of carbonyl (C=O) groups is 2. The van der Waals surface area contributed by atoms with Gasteiger partial charge in [0.25, 0.3) is 0 Å². The van der Waals surface area contributed by atoms with Crippen molar-refractivity contribution in [3.63, 3.8) is 0 Å². The molecule has 1 aliphatic heterocycles. The number of hydrogen-bond acceptors (Lipinski definition) is 3. The van der Waals surface area contributed by atoms with Crippen molar-refractivity contribution in [1.82, 2.24) is 0 Å². The molecule has 1 aliphatic rings. The van der Waals surface area contributed by atoms with Crippen LogP contribution in [0.5, 0.6) is 0 Å². The van der Waals surface area contributed by atoms with E-state index in [0.717, 1.165) is 19.3 Å². The van der Waals surface area contributed by atoms with Crippen LogP contribution in [0.1, 0.15) is 50.4 Å². The molecule has 0 spiro atoms. The summed E-state index contributed by atoms with van der Waals surface area (Å²) in [7, 11) is 0. The summed E-state index contributed by atoms with van der Waals surface area (Å²) in [4.78, 5) is 24.8. The molecular formula is C18H22O3. The molecule has 1 fully saturated rings. The lowest BCUT2D eigenvalue weighted by atomic mass is 9.75. The van der Waals surface area contributed by atoms with Gasteiger partial charge in [0.2, 0.25) is 0 Å². The highest BCUT2D eigenvalue weighted by molar-refractivity contribution is 6.10. The molecule has 0 aromatic heterocycles. The average Bonchev–Trinajstić information content (AvgIpc) is 2.69. The van der Waals surface area contributed by atoms with Crippen molar-refractivity contribution < 1.29 is 14.3 Å². The number of ketones is 1. The average molecular weight is 286 g/mol. The van der Waals surface area contributed by atoms with Gasteiger partial charge in [0, 0.05) is 11.0 Å². The van der Waals surface area contributed by atoms with Crippen LogP contribution in [0, 0.1) is 11.3 Å². The third-order valence-corrected chi connectivity index (χ3v) is 4.01. The molecule has 1 unspecified atom stereocenters. The molecule has 0 aliphatic carbocycles. The van der Waals surface area contributed by atoms with E-state index < -0.39 is 17.3 Å². The summed E-state index contributed by atoms with van der Waals surface area (Å²) in [6, 6.07) is 8.94. The molecule has 0 radical (unpaired) electrons. The summed E-state index contributed by atoms with van der Waals surface area (Å²) in [5, 5.41) is 0. The fraction of sp³-hybridized carbons (Fsp3) is 0.444. The first-order valence-electron chi connectivity index (χ1n) is 7.50. The number of benzene rings is 1. The number of Topliss-reactive ketones (excluding diaryl/α,β-unsaturated/α-hetero) is 1. The van der Waals surface area contributed by atoms with Crippen LogP contribution in [0.15, 0.2) is 42.2 Å². The molecule has 2 rings (SSSR count). The van der Waals surface area contributed by atoms with Gasteiger partial charge < -0.3 is 4.74 Å². The van der Waals surface area contributed by atoms with Crippen LogP contribution < -0.4 is 0 Å². The van der Waals surface area contributed by atoms with E-state index in [1.54, 1.807) is 24.3 Å². The summed E-state index contributed by atoms with van der Waals surface area (Å²) in [6.45, 7) is 5.93. The van der Waals surface area contributed by atoms with Crippen molar-refractivity contribution in [2.45, 2.75) is 40.0 Å². The quantitative estimate of drug-likeness (QED) is 0.353. The van der Waals surface area contributed by atoms with Crippen molar-refractivity contribution in [2.24, 2.45) is 11.3 Å². The molecule has 0 N–H and O–H groups in total. The van der Waals surface area contributed by atoms with Crippen LogP contribution in [0.3, 0.4) is 0 Å². The molecule has 3 heteroatoms. The van der Waals surface area contributed by atoms with Crippen LogP contribution in [0.25, 0.3) is 0 Å². The molecular weight excluding hydrogens is 264 g/mol. The predicted molar refractivity (Wildman–Crippen MR) is 81.7 cm³/mol. The molecule has 3 nitrogen and oxygen atoms in total. The van der Waals surface area contributed by atoms with Gasteiger partial charge in [-0.15, -0.1) is 0 Å². The highest BCUT2D eigenvalue weighted by atomic mass is 16.5. The van der Waals surface area contributed by atoms with E-state index >= 15 is 0 Å². The monoisotopic (exact) mass is 286 g/mol. The zero-order chi connectivity index (χ0) is 15.5. The second-order valence-electron chi connectivity index (χ2n) is 6.02. The maximum atomic E-state index is 12.6. The van der Waals surface area contributed by atoms with Gasteiger partial charge in [-0.05, 0) is 18.9 Å². The number of cyclic esters (lactones) is 1. The Balaban J connectivity index is 2.26. The number of esters is 1. The van der Waals surface area contributed by atoms with Crippen molar-refractivity contribution in [3.8, 4) is 0 Å². The predicted octanol–water partition coefficient (Wildman–Crippen LogP) is 4.14. The number of hydrogen-bond donors (Lipinski definition) is 0. The molecule has 1 heterocycles. The SMILES string of the molecule is CCCC/C=C1\OC(=O)C(C(=O)c2ccccc2)C1(C)C. The molecule has 1 aromatic rings. The van der Waals surface area contributed by atoms with E-state index in [2.05, 4.69) is 6.92 Å². The Morgan fingerprint density at radius 2 is 1.95 bits per heavy atom. The topological polar surface area (TPSA) is 43.4 Å². The third-order valence-electron chi connectivity index (χ3n) is 4.01.